The third kappa shape index (κ3) is 8.13. The summed E-state index contributed by atoms with van der Waals surface area (Å²) in [7, 11) is 1.31. The van der Waals surface area contributed by atoms with Crippen LogP contribution < -0.4 is 16.0 Å². The van der Waals surface area contributed by atoms with Gasteiger partial charge in [-0.2, -0.15) is 0 Å². The summed E-state index contributed by atoms with van der Waals surface area (Å²) in [6.07, 6.45) is 0. The Morgan fingerprint density at radius 2 is 1.44 bits per heavy atom. The molecule has 0 fully saturated rings. The van der Waals surface area contributed by atoms with Crippen molar-refractivity contribution in [3.05, 3.63) is 90.5 Å². The Morgan fingerprint density at radius 1 is 0.767 bits per heavy atom. The van der Waals surface area contributed by atoms with Crippen LogP contribution in [0.2, 0.25) is 0 Å². The quantitative estimate of drug-likeness (QED) is 0.115. The molecule has 0 aliphatic rings. The number of thiazole rings is 1. The molecule has 218 valence electrons. The number of esters is 1. The van der Waals surface area contributed by atoms with E-state index in [2.05, 4.69) is 25.7 Å². The van der Waals surface area contributed by atoms with E-state index in [1.807, 2.05) is 54.6 Å². The van der Waals surface area contributed by atoms with Gasteiger partial charge in [0.15, 0.2) is 4.34 Å². The molecule has 3 N–H and O–H groups in total. The van der Waals surface area contributed by atoms with E-state index in [1.165, 1.54) is 42.0 Å². The first kappa shape index (κ1) is 30.1. The predicted molar refractivity (Wildman–Crippen MR) is 175 cm³/mol. The first-order valence-electron chi connectivity index (χ1n) is 13.0. The number of hydrogen-bond acceptors (Lipinski definition) is 9. The van der Waals surface area contributed by atoms with Gasteiger partial charge in [-0.15, -0.1) is 23.1 Å². The lowest BCUT2D eigenvalue weighted by atomic mass is 10.1. The minimum Gasteiger partial charge on any atom is -0.465 e. The molecule has 1 heterocycles. The van der Waals surface area contributed by atoms with E-state index in [0.717, 1.165) is 31.0 Å². The molecule has 1 aromatic heterocycles. The Bertz CT molecular complexity index is 1800. The van der Waals surface area contributed by atoms with Crippen molar-refractivity contribution in [1.29, 1.82) is 0 Å². The molecule has 43 heavy (non-hydrogen) atoms. The summed E-state index contributed by atoms with van der Waals surface area (Å²) in [5, 5.41) is 10.6. The maximum Gasteiger partial charge on any atom is 0.337 e. The van der Waals surface area contributed by atoms with Gasteiger partial charge in [0, 0.05) is 22.4 Å². The van der Waals surface area contributed by atoms with Gasteiger partial charge in [-0.3, -0.25) is 14.4 Å². The van der Waals surface area contributed by atoms with Crippen LogP contribution in [0.25, 0.3) is 21.0 Å². The smallest absolute Gasteiger partial charge is 0.337 e. The topological polar surface area (TPSA) is 126 Å². The summed E-state index contributed by atoms with van der Waals surface area (Å²) in [6, 6.07) is 25.5. The summed E-state index contributed by atoms with van der Waals surface area (Å²) < 4.78 is 6.28. The fraction of sp³-hybridized carbons (Fsp3) is 0.129. The van der Waals surface area contributed by atoms with Crippen LogP contribution in [0.15, 0.2) is 89.3 Å². The third-order valence-corrected chi connectivity index (χ3v) is 9.19. The molecular formula is C31H26N4O5S3. The Labute approximate surface area is 259 Å². The zero-order valence-electron chi connectivity index (χ0n) is 22.9. The molecule has 0 radical (unpaired) electrons. The van der Waals surface area contributed by atoms with Crippen LogP contribution in [-0.4, -0.2) is 53.0 Å². The normalized spacial score (nSPS) is 10.8. The molecule has 3 amide bonds. The number of carbonyl (C=O) groups is 4. The van der Waals surface area contributed by atoms with Crippen molar-refractivity contribution < 1.29 is 23.9 Å². The van der Waals surface area contributed by atoms with Crippen molar-refractivity contribution in [2.45, 2.75) is 4.34 Å². The lowest BCUT2D eigenvalue weighted by Gasteiger charge is -2.09. The van der Waals surface area contributed by atoms with E-state index >= 15 is 0 Å². The summed E-state index contributed by atoms with van der Waals surface area (Å²) >= 11 is 3.98. The standard InChI is InChI=1S/C31H26N4O5S3/c1-40-30(39)20-9-11-21(12-10-20)32-29(38)18-42-31-35-25-14-13-22(15-26(25)43-31)33-27(36)16-41-17-28(37)34-24-8-4-6-19-5-2-3-7-23(19)24/h2-15H,16-18H2,1H3,(H,32,38)(H,33,36)(H,34,37). The molecule has 0 unspecified atom stereocenters. The molecule has 12 heteroatoms. The monoisotopic (exact) mass is 630 g/mol. The molecule has 5 aromatic rings. The number of benzene rings is 4. The van der Waals surface area contributed by atoms with Crippen LogP contribution in [-0.2, 0) is 19.1 Å². The number of hydrogen-bond donors (Lipinski definition) is 3. The molecule has 0 bridgehead atoms. The van der Waals surface area contributed by atoms with E-state index in [4.69, 9.17) is 0 Å². The molecule has 0 aliphatic heterocycles. The number of thioether (sulfide) groups is 2. The van der Waals surface area contributed by atoms with Crippen LogP contribution >= 0.6 is 34.9 Å². The van der Waals surface area contributed by atoms with Gasteiger partial charge >= 0.3 is 5.97 Å². The van der Waals surface area contributed by atoms with E-state index < -0.39 is 5.97 Å². The summed E-state index contributed by atoms with van der Waals surface area (Å²) in [5.41, 5.74) is 3.12. The van der Waals surface area contributed by atoms with Gasteiger partial charge in [-0.05, 0) is 53.9 Å². The molecule has 0 spiro atoms. The van der Waals surface area contributed by atoms with Gasteiger partial charge in [0.1, 0.15) is 0 Å². The van der Waals surface area contributed by atoms with E-state index in [9.17, 15) is 19.2 Å². The number of ether oxygens (including phenoxy) is 1. The Balaban J connectivity index is 1.07. The van der Waals surface area contributed by atoms with Crippen molar-refractivity contribution in [2.24, 2.45) is 0 Å². The molecule has 0 saturated carbocycles. The zero-order chi connectivity index (χ0) is 30.2. The Morgan fingerprint density at radius 3 is 2.23 bits per heavy atom. The average molecular weight is 631 g/mol. The van der Waals surface area contributed by atoms with Crippen molar-refractivity contribution >= 4 is 96.6 Å². The van der Waals surface area contributed by atoms with Gasteiger partial charge in [0.25, 0.3) is 0 Å². The minimum absolute atomic E-state index is 0.130. The number of methoxy groups -OCH3 is 1. The van der Waals surface area contributed by atoms with Crippen LogP contribution in [0.5, 0.6) is 0 Å². The van der Waals surface area contributed by atoms with E-state index in [1.54, 1.807) is 30.3 Å². The molecule has 5 rings (SSSR count). The van der Waals surface area contributed by atoms with Crippen molar-refractivity contribution in [3.63, 3.8) is 0 Å². The highest BCUT2D eigenvalue weighted by molar-refractivity contribution is 8.01. The largest absolute Gasteiger partial charge is 0.465 e. The van der Waals surface area contributed by atoms with Crippen molar-refractivity contribution in [3.8, 4) is 0 Å². The maximum absolute atomic E-state index is 12.5. The zero-order valence-corrected chi connectivity index (χ0v) is 25.4. The Hall–Kier alpha value is -4.39. The summed E-state index contributed by atoms with van der Waals surface area (Å²) in [5.74, 6) is -0.584. The predicted octanol–water partition coefficient (Wildman–Crippen LogP) is 6.28. The number of rotatable bonds is 11. The van der Waals surface area contributed by atoms with Gasteiger partial charge in [0.2, 0.25) is 17.7 Å². The van der Waals surface area contributed by atoms with Crippen LogP contribution in [0.4, 0.5) is 17.1 Å². The highest BCUT2D eigenvalue weighted by Crippen LogP contribution is 2.31. The SMILES string of the molecule is COC(=O)c1ccc(NC(=O)CSc2nc3ccc(NC(=O)CSCC(=O)Nc4cccc5ccccc45)cc3s2)cc1. The fourth-order valence-corrected chi connectivity index (χ4v) is 6.65. The van der Waals surface area contributed by atoms with E-state index in [-0.39, 0.29) is 35.0 Å². The number of anilines is 3. The maximum atomic E-state index is 12.5. The Kier molecular flexibility index (Phi) is 9.92. The second-order valence-electron chi connectivity index (χ2n) is 9.18. The van der Waals surface area contributed by atoms with E-state index in [0.29, 0.717) is 16.9 Å². The first-order chi connectivity index (χ1) is 20.9. The minimum atomic E-state index is -0.441. The van der Waals surface area contributed by atoms with Crippen LogP contribution in [0, 0.1) is 0 Å². The number of carbonyl (C=O) groups excluding carboxylic acids is 4. The second kappa shape index (κ2) is 14.2. The van der Waals surface area contributed by atoms with Gasteiger partial charge in [-0.25, -0.2) is 9.78 Å². The van der Waals surface area contributed by atoms with Gasteiger partial charge in [-0.1, -0.05) is 48.2 Å². The molecule has 0 atom stereocenters. The molecule has 0 saturated heterocycles. The molecular weight excluding hydrogens is 605 g/mol. The number of fused-ring (bicyclic) bond motifs is 2. The fourth-order valence-electron chi connectivity index (χ4n) is 4.13. The van der Waals surface area contributed by atoms with Crippen molar-refractivity contribution in [2.75, 3.05) is 40.3 Å². The van der Waals surface area contributed by atoms with Gasteiger partial charge in [0.05, 0.1) is 40.1 Å². The molecule has 9 nitrogen and oxygen atoms in total. The second-order valence-corrected chi connectivity index (χ2v) is 12.4. The third-order valence-electron chi connectivity index (χ3n) is 6.10. The number of aromatic nitrogens is 1. The van der Waals surface area contributed by atoms with Gasteiger partial charge < -0.3 is 20.7 Å². The van der Waals surface area contributed by atoms with Crippen LogP contribution in [0.1, 0.15) is 10.4 Å². The number of nitrogens with zero attached hydrogens (tertiary/aromatic N) is 1. The van der Waals surface area contributed by atoms with Crippen molar-refractivity contribution in [1.82, 2.24) is 4.98 Å². The number of amides is 3. The molecule has 0 aliphatic carbocycles. The lowest BCUT2D eigenvalue weighted by Crippen LogP contribution is -2.18. The average Bonchev–Trinajstić information content (AvgIpc) is 3.42. The first-order valence-corrected chi connectivity index (χ1v) is 16.0. The highest BCUT2D eigenvalue weighted by Gasteiger charge is 2.12. The number of nitrogens with one attached hydrogen (secondary N) is 3. The summed E-state index contributed by atoms with van der Waals surface area (Å²) in [6.45, 7) is 0. The highest BCUT2D eigenvalue weighted by atomic mass is 32.2. The molecule has 4 aromatic carbocycles. The summed E-state index contributed by atoms with van der Waals surface area (Å²) in [4.78, 5) is 53.5. The van der Waals surface area contributed by atoms with Crippen LogP contribution in [0.3, 0.4) is 0 Å². The lowest BCUT2D eigenvalue weighted by molar-refractivity contribution is -0.114.